The zero-order valence-electron chi connectivity index (χ0n) is 22.5. The standard InChI is InChI=1S/C29H21BrFN5O5S2/c1-14-22(35-10-4-3-5-20(35)32-14)25(38)21-23(16-11-18(30)24(37)19(12-16)41-2)36(27(40)26(21)39)28-33-34-29(43-28)42-13-15-6-8-17(31)9-7-15/h3-12,23,37-38H,13H2,1-2H3/b25-21+. The highest BCUT2D eigenvalue weighted by atomic mass is 79.9. The van der Waals surface area contributed by atoms with Crippen molar-refractivity contribution in [2.45, 2.75) is 23.1 Å². The Hall–Kier alpha value is -4.27. The van der Waals surface area contributed by atoms with Gasteiger partial charge in [0, 0.05) is 11.9 Å². The molecule has 218 valence electrons. The largest absolute Gasteiger partial charge is 0.505 e. The number of carbonyl (C=O) groups excluding carboxylic acids is 2. The van der Waals surface area contributed by atoms with Gasteiger partial charge in [0.15, 0.2) is 21.6 Å². The molecule has 3 aromatic heterocycles. The molecule has 0 saturated carbocycles. The van der Waals surface area contributed by atoms with Crippen LogP contribution in [0.4, 0.5) is 9.52 Å². The van der Waals surface area contributed by atoms with Gasteiger partial charge in [-0.15, -0.1) is 10.2 Å². The summed E-state index contributed by atoms with van der Waals surface area (Å²) in [5.41, 5.74) is 2.31. The quantitative estimate of drug-likeness (QED) is 0.0695. The number of methoxy groups -OCH3 is 1. The first-order valence-electron chi connectivity index (χ1n) is 12.7. The Morgan fingerprint density at radius 3 is 2.67 bits per heavy atom. The molecule has 4 heterocycles. The van der Waals surface area contributed by atoms with Gasteiger partial charge in [0.25, 0.3) is 5.78 Å². The molecule has 1 amide bonds. The Kier molecular flexibility index (Phi) is 7.66. The molecule has 2 aromatic carbocycles. The number of hydrogen-bond acceptors (Lipinski definition) is 10. The monoisotopic (exact) mass is 681 g/mol. The number of thioether (sulfide) groups is 1. The van der Waals surface area contributed by atoms with Crippen LogP contribution in [0.1, 0.15) is 28.6 Å². The number of halogens is 2. The molecule has 0 radical (unpaired) electrons. The van der Waals surface area contributed by atoms with E-state index in [0.29, 0.717) is 27.0 Å². The number of imidazole rings is 1. The third-order valence-corrected chi connectivity index (χ3v) is 9.57. The van der Waals surface area contributed by atoms with Gasteiger partial charge in [-0.3, -0.25) is 18.9 Å². The summed E-state index contributed by atoms with van der Waals surface area (Å²) in [6.45, 7) is 1.70. The SMILES string of the molecule is COc1cc(C2/C(=C(\O)c3c(C)nc4ccccn34)C(=O)C(=O)N2c2nnc(SCc3ccc(F)cc3)s2)cc(Br)c1O. The number of pyridine rings is 1. The van der Waals surface area contributed by atoms with Crippen LogP contribution in [0.3, 0.4) is 0 Å². The molecule has 1 fully saturated rings. The van der Waals surface area contributed by atoms with E-state index in [2.05, 4.69) is 31.1 Å². The third kappa shape index (κ3) is 5.15. The lowest BCUT2D eigenvalue weighted by atomic mass is 9.96. The highest BCUT2D eigenvalue weighted by Gasteiger charge is 2.49. The summed E-state index contributed by atoms with van der Waals surface area (Å²) in [5.74, 6) is -2.18. The maximum Gasteiger partial charge on any atom is 0.301 e. The maximum absolute atomic E-state index is 13.7. The van der Waals surface area contributed by atoms with E-state index >= 15 is 0 Å². The van der Waals surface area contributed by atoms with Crippen molar-refractivity contribution in [2.24, 2.45) is 0 Å². The van der Waals surface area contributed by atoms with Gasteiger partial charge in [0.2, 0.25) is 5.13 Å². The van der Waals surface area contributed by atoms with Crippen molar-refractivity contribution >= 4 is 67.3 Å². The molecule has 0 bridgehead atoms. The van der Waals surface area contributed by atoms with E-state index in [1.165, 1.54) is 42.0 Å². The summed E-state index contributed by atoms with van der Waals surface area (Å²) in [6.07, 6.45) is 1.70. The van der Waals surface area contributed by atoms with Crippen LogP contribution >= 0.6 is 39.0 Å². The zero-order chi connectivity index (χ0) is 30.4. The fourth-order valence-electron chi connectivity index (χ4n) is 4.86. The smallest absolute Gasteiger partial charge is 0.301 e. The van der Waals surface area contributed by atoms with Crippen LogP contribution in [0.15, 0.2) is 75.2 Å². The fourth-order valence-corrected chi connectivity index (χ4v) is 7.15. The van der Waals surface area contributed by atoms with E-state index in [1.807, 2.05) is 0 Å². The number of ether oxygens (including phenoxy) is 1. The van der Waals surface area contributed by atoms with Crippen molar-refractivity contribution in [3.63, 3.8) is 0 Å². The second-order valence-electron chi connectivity index (χ2n) is 9.46. The Morgan fingerprint density at radius 1 is 1.16 bits per heavy atom. The van der Waals surface area contributed by atoms with Gasteiger partial charge in [-0.1, -0.05) is 41.3 Å². The number of carbonyl (C=O) groups is 2. The Balaban J connectivity index is 1.48. The van der Waals surface area contributed by atoms with E-state index in [0.717, 1.165) is 16.9 Å². The molecule has 5 aromatic rings. The topological polar surface area (TPSA) is 130 Å². The number of Topliss-reactive ketones (excluding diaryl/α,β-unsaturated/α-hetero) is 1. The summed E-state index contributed by atoms with van der Waals surface area (Å²) >= 11 is 5.76. The van der Waals surface area contributed by atoms with E-state index in [-0.39, 0.29) is 38.2 Å². The number of hydrogen-bond donors (Lipinski definition) is 2. The Labute approximate surface area is 260 Å². The van der Waals surface area contributed by atoms with Crippen LogP contribution in [0.5, 0.6) is 11.5 Å². The van der Waals surface area contributed by atoms with Crippen LogP contribution in [0.25, 0.3) is 11.4 Å². The number of phenolic OH excluding ortho intramolecular Hbond substituents is 1. The lowest BCUT2D eigenvalue weighted by Gasteiger charge is -2.23. The number of aromatic hydroxyl groups is 1. The number of ketones is 1. The molecular weight excluding hydrogens is 661 g/mol. The minimum Gasteiger partial charge on any atom is -0.505 e. The van der Waals surface area contributed by atoms with E-state index in [4.69, 9.17) is 4.74 Å². The minimum absolute atomic E-state index is 0.0914. The lowest BCUT2D eigenvalue weighted by Crippen LogP contribution is -2.29. The number of aliphatic hydroxyl groups excluding tert-OH is 1. The molecule has 14 heteroatoms. The summed E-state index contributed by atoms with van der Waals surface area (Å²) in [7, 11) is 1.37. The number of aliphatic hydroxyl groups is 1. The number of anilines is 1. The minimum atomic E-state index is -1.15. The van der Waals surface area contributed by atoms with E-state index in [9.17, 15) is 24.2 Å². The number of phenols is 1. The molecular formula is C29H21BrFN5O5S2. The molecule has 1 unspecified atom stereocenters. The summed E-state index contributed by atoms with van der Waals surface area (Å²) in [4.78, 5) is 33.0. The number of aryl methyl sites for hydroxylation is 1. The van der Waals surface area contributed by atoms with Gasteiger partial charge in [0.1, 0.15) is 17.2 Å². The molecule has 10 nitrogen and oxygen atoms in total. The third-order valence-electron chi connectivity index (χ3n) is 6.84. The van der Waals surface area contributed by atoms with Crippen LogP contribution < -0.4 is 9.64 Å². The summed E-state index contributed by atoms with van der Waals surface area (Å²) in [5, 5.41) is 30.7. The number of amides is 1. The first kappa shape index (κ1) is 28.8. The van der Waals surface area contributed by atoms with Gasteiger partial charge in [-0.25, -0.2) is 9.37 Å². The number of aromatic nitrogens is 4. The molecule has 2 N–H and O–H groups in total. The Bertz CT molecular complexity index is 1940. The van der Waals surface area contributed by atoms with Crippen LogP contribution in [-0.2, 0) is 15.3 Å². The first-order valence-corrected chi connectivity index (χ1v) is 15.3. The fraction of sp³-hybridized carbons (Fsp3) is 0.138. The summed E-state index contributed by atoms with van der Waals surface area (Å²) < 4.78 is 21.0. The van der Waals surface area contributed by atoms with Gasteiger partial charge in [-0.05, 0) is 70.4 Å². The predicted octanol–water partition coefficient (Wildman–Crippen LogP) is 6.03. The van der Waals surface area contributed by atoms with Gasteiger partial charge in [-0.2, -0.15) is 0 Å². The highest BCUT2D eigenvalue weighted by Crippen LogP contribution is 2.47. The number of benzene rings is 2. The van der Waals surface area contributed by atoms with Crippen molar-refractivity contribution in [2.75, 3.05) is 12.0 Å². The Morgan fingerprint density at radius 2 is 1.93 bits per heavy atom. The number of rotatable bonds is 7. The molecule has 1 aliphatic rings. The number of fused-ring (bicyclic) bond motifs is 1. The second-order valence-corrected chi connectivity index (χ2v) is 12.5. The second kappa shape index (κ2) is 11.4. The van der Waals surface area contributed by atoms with Crippen molar-refractivity contribution < 1.29 is 28.9 Å². The molecule has 0 aliphatic carbocycles. The van der Waals surface area contributed by atoms with Gasteiger partial charge in [0.05, 0.1) is 28.9 Å². The average Bonchev–Trinajstić information content (AvgIpc) is 3.67. The lowest BCUT2D eigenvalue weighted by molar-refractivity contribution is -0.132. The molecule has 6 rings (SSSR count). The average molecular weight is 683 g/mol. The highest BCUT2D eigenvalue weighted by molar-refractivity contribution is 9.10. The maximum atomic E-state index is 13.7. The van der Waals surface area contributed by atoms with Crippen LogP contribution in [0.2, 0.25) is 0 Å². The van der Waals surface area contributed by atoms with Crippen LogP contribution in [0, 0.1) is 12.7 Å². The molecule has 1 aliphatic heterocycles. The first-order chi connectivity index (χ1) is 20.7. The molecule has 43 heavy (non-hydrogen) atoms. The molecule has 0 spiro atoms. The molecule has 1 saturated heterocycles. The van der Waals surface area contributed by atoms with Gasteiger partial charge >= 0.3 is 5.91 Å². The normalized spacial score (nSPS) is 16.4. The number of nitrogens with zero attached hydrogens (tertiary/aromatic N) is 5. The van der Waals surface area contributed by atoms with Crippen molar-refractivity contribution in [3.8, 4) is 11.5 Å². The van der Waals surface area contributed by atoms with Gasteiger partial charge < -0.3 is 14.9 Å². The molecule has 1 atom stereocenters. The van der Waals surface area contributed by atoms with E-state index in [1.54, 1.807) is 53.9 Å². The zero-order valence-corrected chi connectivity index (χ0v) is 25.7. The van der Waals surface area contributed by atoms with Crippen molar-refractivity contribution in [1.82, 2.24) is 19.6 Å². The predicted molar refractivity (Wildman–Crippen MR) is 163 cm³/mol. The van der Waals surface area contributed by atoms with Crippen LogP contribution in [-0.4, -0.2) is 48.6 Å². The van der Waals surface area contributed by atoms with E-state index < -0.39 is 23.5 Å². The van der Waals surface area contributed by atoms with Crippen molar-refractivity contribution in [3.05, 3.63) is 99.2 Å². The van der Waals surface area contributed by atoms with Crippen molar-refractivity contribution in [1.29, 1.82) is 0 Å². The summed E-state index contributed by atoms with van der Waals surface area (Å²) in [6, 6.07) is 13.3.